The summed E-state index contributed by atoms with van der Waals surface area (Å²) in [4.78, 5) is 41.9. The molecule has 2 aromatic rings. The van der Waals surface area contributed by atoms with Gasteiger partial charge in [0.15, 0.2) is 0 Å². The molecule has 1 aliphatic carbocycles. The predicted molar refractivity (Wildman–Crippen MR) is 156 cm³/mol. The first-order valence-electron chi connectivity index (χ1n) is 14.6. The van der Waals surface area contributed by atoms with Gasteiger partial charge in [0.2, 0.25) is 0 Å². The molecule has 1 saturated heterocycles. The number of fused-ring (bicyclic) bond motifs is 1. The number of amides is 1. The van der Waals surface area contributed by atoms with Crippen molar-refractivity contribution in [1.29, 1.82) is 0 Å². The van der Waals surface area contributed by atoms with Crippen molar-refractivity contribution >= 4 is 17.8 Å². The van der Waals surface area contributed by atoms with Gasteiger partial charge in [-0.05, 0) is 69.4 Å². The van der Waals surface area contributed by atoms with Gasteiger partial charge in [0.25, 0.3) is 0 Å². The maximum Gasteiger partial charge on any atom is 0.410 e. The van der Waals surface area contributed by atoms with Crippen LogP contribution in [-0.4, -0.2) is 65.8 Å². The number of carbonyl (C=O) groups excluding carboxylic acids is 3. The fourth-order valence-electron chi connectivity index (χ4n) is 6.62. The van der Waals surface area contributed by atoms with Crippen LogP contribution >= 0.6 is 0 Å². The van der Waals surface area contributed by atoms with Crippen LogP contribution < -0.4 is 10.1 Å². The number of methoxy groups -OCH3 is 1. The van der Waals surface area contributed by atoms with Gasteiger partial charge in [0, 0.05) is 43.0 Å². The second-order valence-corrected chi connectivity index (χ2v) is 12.5. The van der Waals surface area contributed by atoms with Crippen molar-refractivity contribution in [3.63, 3.8) is 0 Å². The van der Waals surface area contributed by atoms with Crippen molar-refractivity contribution in [2.24, 2.45) is 5.92 Å². The lowest BCUT2D eigenvalue weighted by molar-refractivity contribution is -0.144. The van der Waals surface area contributed by atoms with Crippen LogP contribution in [0.5, 0.6) is 11.5 Å². The van der Waals surface area contributed by atoms with Crippen molar-refractivity contribution < 1.29 is 33.7 Å². The Bertz CT molecular complexity index is 1390. The molecular formula is C33H40N2O7. The van der Waals surface area contributed by atoms with Crippen LogP contribution in [0.2, 0.25) is 0 Å². The number of ether oxygens (including phenoxy) is 3. The number of esters is 1. The van der Waals surface area contributed by atoms with Crippen molar-refractivity contribution in [2.75, 3.05) is 20.2 Å². The first-order valence-corrected chi connectivity index (χ1v) is 14.6. The maximum absolute atomic E-state index is 14.0. The molecule has 0 radical (unpaired) electrons. The minimum Gasteiger partial charge on any atom is -0.508 e. The number of benzene rings is 2. The Morgan fingerprint density at radius 3 is 2.57 bits per heavy atom. The van der Waals surface area contributed by atoms with E-state index in [1.165, 1.54) is 0 Å². The molecule has 5 rings (SSSR count). The van der Waals surface area contributed by atoms with E-state index < -0.39 is 35.6 Å². The lowest BCUT2D eigenvalue weighted by Crippen LogP contribution is -2.52. The van der Waals surface area contributed by atoms with E-state index in [2.05, 4.69) is 5.32 Å². The van der Waals surface area contributed by atoms with Gasteiger partial charge in [-0.15, -0.1) is 0 Å². The second-order valence-electron chi connectivity index (χ2n) is 12.5. The molecule has 3 unspecified atom stereocenters. The van der Waals surface area contributed by atoms with Crippen LogP contribution in [0.3, 0.4) is 0 Å². The molecule has 2 aliphatic heterocycles. The molecule has 0 spiro atoms. The van der Waals surface area contributed by atoms with E-state index in [4.69, 9.17) is 14.2 Å². The fraction of sp³-hybridized carbons (Fsp3) is 0.485. The first-order chi connectivity index (χ1) is 19.9. The summed E-state index contributed by atoms with van der Waals surface area (Å²) in [6.45, 7) is 7.92. The number of Topliss-reactive ketones (excluding diaryl/α,β-unsaturated/α-hetero) is 1. The van der Waals surface area contributed by atoms with Gasteiger partial charge in [0.1, 0.15) is 29.0 Å². The third-order valence-corrected chi connectivity index (χ3v) is 8.37. The standard InChI is InChI=1S/C33H40N2O7/c1-19-28(31(38)41-23-13-14-35(18-23)32(39)42-33(2,3)4)29(20-9-8-10-22(36)15-20)30-25(34-19)16-21(17-26(30)37)24-11-6-7-12-27(24)40-5/h6-12,15,21,23,25,29-30,34,36H,13-14,16-18H2,1-5H3/t21-,23?,25?,29-,30?/m1/s1. The molecule has 42 heavy (non-hydrogen) atoms. The van der Waals surface area contributed by atoms with E-state index in [9.17, 15) is 19.5 Å². The van der Waals surface area contributed by atoms with Crippen molar-refractivity contribution in [1.82, 2.24) is 10.2 Å². The van der Waals surface area contributed by atoms with Crippen LogP contribution in [-0.2, 0) is 19.1 Å². The summed E-state index contributed by atoms with van der Waals surface area (Å²) in [7, 11) is 1.63. The normalized spacial score (nSPS) is 25.9. The number of nitrogens with one attached hydrogen (secondary N) is 1. The number of para-hydroxylation sites is 1. The molecule has 9 heteroatoms. The number of hydrogen-bond donors (Lipinski definition) is 2. The summed E-state index contributed by atoms with van der Waals surface area (Å²) in [5, 5.41) is 13.8. The van der Waals surface area contributed by atoms with E-state index >= 15 is 0 Å². The molecule has 0 aromatic heterocycles. The number of nitrogens with zero attached hydrogens (tertiary/aromatic N) is 1. The molecule has 1 saturated carbocycles. The Kier molecular flexibility index (Phi) is 8.21. The van der Waals surface area contributed by atoms with Crippen LogP contribution in [0.1, 0.15) is 69.9 Å². The summed E-state index contributed by atoms with van der Waals surface area (Å²) < 4.78 is 17.0. The second kappa shape index (κ2) is 11.7. The third-order valence-electron chi connectivity index (χ3n) is 8.37. The Labute approximate surface area is 246 Å². The minimum atomic E-state index is -0.621. The van der Waals surface area contributed by atoms with Gasteiger partial charge in [-0.2, -0.15) is 0 Å². The topological polar surface area (TPSA) is 114 Å². The lowest BCUT2D eigenvalue weighted by atomic mass is 9.64. The van der Waals surface area contributed by atoms with E-state index in [0.29, 0.717) is 42.6 Å². The van der Waals surface area contributed by atoms with Crippen molar-refractivity contribution in [2.45, 2.75) is 76.5 Å². The highest BCUT2D eigenvalue weighted by Crippen LogP contribution is 2.48. The smallest absolute Gasteiger partial charge is 0.410 e. The van der Waals surface area contributed by atoms with E-state index in [1.54, 1.807) is 30.2 Å². The van der Waals surface area contributed by atoms with Crippen LogP contribution in [0.15, 0.2) is 59.8 Å². The summed E-state index contributed by atoms with van der Waals surface area (Å²) in [5.74, 6) is -0.822. The summed E-state index contributed by atoms with van der Waals surface area (Å²) in [6, 6.07) is 14.3. The predicted octanol–water partition coefficient (Wildman–Crippen LogP) is 5.05. The summed E-state index contributed by atoms with van der Waals surface area (Å²) >= 11 is 0. The average Bonchev–Trinajstić information content (AvgIpc) is 3.39. The molecule has 0 bridgehead atoms. The molecule has 2 heterocycles. The summed E-state index contributed by atoms with van der Waals surface area (Å²) in [6.07, 6.45) is 0.554. The molecular weight excluding hydrogens is 536 g/mol. The van der Waals surface area contributed by atoms with E-state index in [-0.39, 0.29) is 30.0 Å². The molecule has 1 amide bonds. The molecule has 9 nitrogen and oxygen atoms in total. The Balaban J connectivity index is 1.42. The van der Waals surface area contributed by atoms with Gasteiger partial charge < -0.3 is 29.5 Å². The largest absolute Gasteiger partial charge is 0.508 e. The number of phenols is 1. The monoisotopic (exact) mass is 576 g/mol. The first kappa shape index (κ1) is 29.5. The van der Waals surface area contributed by atoms with Crippen LogP contribution in [0.25, 0.3) is 0 Å². The van der Waals surface area contributed by atoms with Gasteiger partial charge in [-0.25, -0.2) is 9.59 Å². The Hall–Kier alpha value is -4.01. The zero-order valence-electron chi connectivity index (χ0n) is 24.9. The van der Waals surface area contributed by atoms with E-state index in [1.807, 2.05) is 58.0 Å². The Morgan fingerprint density at radius 2 is 1.86 bits per heavy atom. The number of ketones is 1. The Morgan fingerprint density at radius 1 is 1.10 bits per heavy atom. The molecule has 5 atom stereocenters. The highest BCUT2D eigenvalue weighted by molar-refractivity contribution is 5.95. The molecule has 224 valence electrons. The number of likely N-dealkylation sites (tertiary alicyclic amines) is 1. The van der Waals surface area contributed by atoms with Crippen LogP contribution in [0, 0.1) is 5.92 Å². The minimum absolute atomic E-state index is 0.0362. The zero-order valence-corrected chi connectivity index (χ0v) is 24.9. The molecule has 3 aliphatic rings. The lowest BCUT2D eigenvalue weighted by Gasteiger charge is -2.45. The number of aromatic hydroxyl groups is 1. The quantitative estimate of drug-likeness (QED) is 0.476. The third kappa shape index (κ3) is 6.10. The number of carbonyl (C=O) groups is 3. The van der Waals surface area contributed by atoms with Gasteiger partial charge >= 0.3 is 12.1 Å². The van der Waals surface area contributed by atoms with E-state index in [0.717, 1.165) is 11.3 Å². The molecule has 2 fully saturated rings. The number of hydrogen-bond acceptors (Lipinski definition) is 8. The maximum atomic E-state index is 14.0. The fourth-order valence-corrected chi connectivity index (χ4v) is 6.62. The number of phenolic OH excluding ortho intramolecular Hbond substituents is 1. The van der Waals surface area contributed by atoms with Crippen molar-refractivity contribution in [3.8, 4) is 11.5 Å². The highest BCUT2D eigenvalue weighted by atomic mass is 16.6. The zero-order chi connectivity index (χ0) is 30.2. The van der Waals surface area contributed by atoms with Gasteiger partial charge in [0.05, 0.1) is 19.2 Å². The van der Waals surface area contributed by atoms with Crippen LogP contribution in [0.4, 0.5) is 4.79 Å². The number of rotatable bonds is 5. The van der Waals surface area contributed by atoms with Gasteiger partial charge in [-0.1, -0.05) is 30.3 Å². The van der Waals surface area contributed by atoms with Crippen molar-refractivity contribution in [3.05, 3.63) is 70.9 Å². The average molecular weight is 577 g/mol. The number of allylic oxidation sites excluding steroid dienone is 1. The van der Waals surface area contributed by atoms with Gasteiger partial charge in [-0.3, -0.25) is 4.79 Å². The molecule has 2 N–H and O–H groups in total. The SMILES string of the molecule is COc1ccccc1[C@H]1CC(=O)C2C(C1)NC(C)=C(C(=O)OC1CCN(C(=O)OC(C)(C)C)C1)[C@H]2c1cccc(O)c1. The summed E-state index contributed by atoms with van der Waals surface area (Å²) in [5.41, 5.74) is 2.07. The highest BCUT2D eigenvalue weighted by Gasteiger charge is 2.49. The molecule has 2 aromatic carbocycles.